The van der Waals surface area contributed by atoms with Gasteiger partial charge in [0.05, 0.1) is 11.8 Å². The van der Waals surface area contributed by atoms with Crippen LogP contribution in [0.4, 0.5) is 0 Å². The van der Waals surface area contributed by atoms with Gasteiger partial charge in [0, 0.05) is 12.1 Å². The summed E-state index contributed by atoms with van der Waals surface area (Å²) in [5.74, 6) is 0.852. The van der Waals surface area contributed by atoms with E-state index in [1.807, 2.05) is 31.2 Å². The van der Waals surface area contributed by atoms with Crippen LogP contribution in [0, 0.1) is 0 Å². The summed E-state index contributed by atoms with van der Waals surface area (Å²) in [6.45, 7) is 3.72. The summed E-state index contributed by atoms with van der Waals surface area (Å²) in [4.78, 5) is 0. The van der Waals surface area contributed by atoms with E-state index in [-0.39, 0.29) is 11.8 Å². The maximum absolute atomic E-state index is 12.0. The molecule has 0 spiro atoms. The van der Waals surface area contributed by atoms with E-state index >= 15 is 0 Å². The number of hydrogen-bond donors (Lipinski definition) is 2. The van der Waals surface area contributed by atoms with Gasteiger partial charge in [-0.3, -0.25) is 0 Å². The Bertz CT molecular complexity index is 516. The van der Waals surface area contributed by atoms with E-state index in [1.165, 1.54) is 0 Å². The summed E-state index contributed by atoms with van der Waals surface area (Å²) in [5, 5.41) is 3.08. The highest BCUT2D eigenvalue weighted by molar-refractivity contribution is 7.89. The van der Waals surface area contributed by atoms with Crippen molar-refractivity contribution in [3.8, 4) is 5.75 Å². The number of rotatable bonds is 7. The average Bonchev–Trinajstić information content (AvgIpc) is 2.78. The van der Waals surface area contributed by atoms with E-state index in [0.29, 0.717) is 13.2 Å². The zero-order chi connectivity index (χ0) is 13.7. The summed E-state index contributed by atoms with van der Waals surface area (Å²) < 4.78 is 32.1. The fraction of sp³-hybridized carbons (Fsp3) is 0.538. The van der Waals surface area contributed by atoms with Crippen LogP contribution in [0.3, 0.4) is 0 Å². The van der Waals surface area contributed by atoms with E-state index < -0.39 is 10.0 Å². The molecule has 1 aliphatic rings. The van der Waals surface area contributed by atoms with Gasteiger partial charge in [-0.25, -0.2) is 13.1 Å². The van der Waals surface area contributed by atoms with Gasteiger partial charge in [-0.1, -0.05) is 25.1 Å². The van der Waals surface area contributed by atoms with Crippen LogP contribution in [-0.2, 0) is 10.0 Å². The van der Waals surface area contributed by atoms with E-state index in [4.69, 9.17) is 4.74 Å². The smallest absolute Gasteiger partial charge is 0.213 e. The molecule has 0 radical (unpaired) electrons. The molecule has 2 rings (SSSR count). The molecule has 5 nitrogen and oxygen atoms in total. The lowest BCUT2D eigenvalue weighted by Gasteiger charge is -2.12. The maximum atomic E-state index is 12.0. The molecule has 1 aromatic carbocycles. The molecular weight excluding hydrogens is 264 g/mol. The number of nitrogens with one attached hydrogen (secondary N) is 2. The molecule has 19 heavy (non-hydrogen) atoms. The summed E-state index contributed by atoms with van der Waals surface area (Å²) in [6.07, 6.45) is 0.997. The summed E-state index contributed by atoms with van der Waals surface area (Å²) in [7, 11) is -3.28. The molecular formula is C13H20N2O3S. The highest BCUT2D eigenvalue weighted by Gasteiger charge is 2.27. The largest absolute Gasteiger partial charge is 0.491 e. The Labute approximate surface area is 114 Å². The quantitative estimate of drug-likeness (QED) is 0.734. The number of benzene rings is 1. The Morgan fingerprint density at radius 2 is 2.11 bits per heavy atom. The lowest BCUT2D eigenvalue weighted by atomic mass is 10.1. The fourth-order valence-electron chi connectivity index (χ4n) is 2.04. The predicted octanol–water partition coefficient (Wildman–Crippen LogP) is 1.04. The third kappa shape index (κ3) is 3.92. The Morgan fingerprint density at radius 3 is 2.89 bits per heavy atom. The molecule has 6 heteroatoms. The summed E-state index contributed by atoms with van der Waals surface area (Å²) in [6, 6.07) is 7.24. The van der Waals surface area contributed by atoms with Crippen LogP contribution < -0.4 is 14.8 Å². The molecule has 0 aliphatic carbocycles. The zero-order valence-corrected chi connectivity index (χ0v) is 11.9. The van der Waals surface area contributed by atoms with Gasteiger partial charge in [0.2, 0.25) is 10.0 Å². The van der Waals surface area contributed by atoms with Crippen molar-refractivity contribution in [1.29, 1.82) is 0 Å². The Hall–Kier alpha value is -1.11. The van der Waals surface area contributed by atoms with Gasteiger partial charge in [0.15, 0.2) is 0 Å². The minimum absolute atomic E-state index is 0.0890. The second-order valence-electron chi connectivity index (χ2n) is 4.59. The van der Waals surface area contributed by atoms with Gasteiger partial charge in [0.25, 0.3) is 0 Å². The van der Waals surface area contributed by atoms with Crippen LogP contribution in [0.1, 0.15) is 24.9 Å². The predicted molar refractivity (Wildman–Crippen MR) is 74.8 cm³/mol. The normalized spacial score (nSPS) is 18.1. The van der Waals surface area contributed by atoms with Crippen LogP contribution in [0.15, 0.2) is 24.3 Å². The molecule has 0 saturated carbocycles. The third-order valence-corrected chi connectivity index (χ3v) is 4.38. The highest BCUT2D eigenvalue weighted by atomic mass is 32.2. The molecule has 1 heterocycles. The van der Waals surface area contributed by atoms with E-state index in [9.17, 15) is 8.42 Å². The van der Waals surface area contributed by atoms with Gasteiger partial charge in [-0.2, -0.15) is 0 Å². The van der Waals surface area contributed by atoms with Crippen molar-refractivity contribution >= 4 is 10.0 Å². The summed E-state index contributed by atoms with van der Waals surface area (Å²) in [5.41, 5.74) is 0.910. The molecule has 106 valence electrons. The van der Waals surface area contributed by atoms with Crippen LogP contribution >= 0.6 is 0 Å². The first-order valence-electron chi connectivity index (χ1n) is 6.55. The molecule has 0 saturated heterocycles. The Kier molecular flexibility index (Phi) is 4.79. The lowest BCUT2D eigenvalue weighted by Crippen LogP contribution is -2.35. The molecule has 1 aliphatic heterocycles. The lowest BCUT2D eigenvalue weighted by molar-refractivity contribution is 0.325. The fourth-order valence-corrected chi connectivity index (χ4v) is 3.20. The molecule has 2 N–H and O–H groups in total. The first-order chi connectivity index (χ1) is 9.12. The molecule has 1 aromatic rings. The first kappa shape index (κ1) is 14.3. The highest BCUT2D eigenvalue weighted by Crippen LogP contribution is 2.31. The van der Waals surface area contributed by atoms with Gasteiger partial charge in [-0.05, 0) is 19.0 Å². The molecule has 0 fully saturated rings. The van der Waals surface area contributed by atoms with Crippen molar-refractivity contribution in [1.82, 2.24) is 10.0 Å². The Morgan fingerprint density at radius 1 is 1.32 bits per heavy atom. The topological polar surface area (TPSA) is 67.4 Å². The van der Waals surface area contributed by atoms with E-state index in [1.54, 1.807) is 0 Å². The standard InChI is InChI=1S/C13H20N2O3S/c1-2-7-14-8-9-19(16,17)15-12-10-18-13-6-4-3-5-11(12)13/h3-6,12,14-15H,2,7-10H2,1H3. The number of sulfonamides is 1. The van der Waals surface area contributed by atoms with Crippen molar-refractivity contribution in [3.63, 3.8) is 0 Å². The average molecular weight is 284 g/mol. The molecule has 1 unspecified atom stereocenters. The van der Waals surface area contributed by atoms with Crippen LogP contribution in [0.5, 0.6) is 5.75 Å². The van der Waals surface area contributed by atoms with Crippen molar-refractivity contribution in [3.05, 3.63) is 29.8 Å². The van der Waals surface area contributed by atoms with Crippen molar-refractivity contribution in [2.24, 2.45) is 0 Å². The van der Waals surface area contributed by atoms with Gasteiger partial charge in [0.1, 0.15) is 12.4 Å². The molecule has 0 aromatic heterocycles. The van der Waals surface area contributed by atoms with Crippen molar-refractivity contribution < 1.29 is 13.2 Å². The minimum Gasteiger partial charge on any atom is -0.491 e. The van der Waals surface area contributed by atoms with Crippen LogP contribution in [0.25, 0.3) is 0 Å². The van der Waals surface area contributed by atoms with Gasteiger partial charge in [-0.15, -0.1) is 0 Å². The van der Waals surface area contributed by atoms with Gasteiger partial charge >= 0.3 is 0 Å². The summed E-state index contributed by atoms with van der Waals surface area (Å²) >= 11 is 0. The van der Waals surface area contributed by atoms with Crippen molar-refractivity contribution in [2.75, 3.05) is 25.4 Å². The minimum atomic E-state index is -3.28. The number of ether oxygens (including phenoxy) is 1. The maximum Gasteiger partial charge on any atom is 0.213 e. The monoisotopic (exact) mass is 284 g/mol. The zero-order valence-electron chi connectivity index (χ0n) is 11.1. The molecule has 1 atom stereocenters. The van der Waals surface area contributed by atoms with Crippen LogP contribution in [-0.4, -0.2) is 33.9 Å². The Balaban J connectivity index is 1.91. The van der Waals surface area contributed by atoms with Gasteiger partial charge < -0.3 is 10.1 Å². The SMILES string of the molecule is CCCNCCS(=O)(=O)NC1COc2ccccc21. The number of hydrogen-bond acceptors (Lipinski definition) is 4. The molecule has 0 amide bonds. The van der Waals surface area contributed by atoms with E-state index in [2.05, 4.69) is 10.0 Å². The number of para-hydroxylation sites is 1. The second kappa shape index (κ2) is 6.36. The number of fused-ring (bicyclic) bond motifs is 1. The van der Waals surface area contributed by atoms with E-state index in [0.717, 1.165) is 24.3 Å². The van der Waals surface area contributed by atoms with Crippen molar-refractivity contribution in [2.45, 2.75) is 19.4 Å². The van der Waals surface area contributed by atoms with Crippen LogP contribution in [0.2, 0.25) is 0 Å². The third-order valence-electron chi connectivity index (χ3n) is 3.00. The molecule has 0 bridgehead atoms. The first-order valence-corrected chi connectivity index (χ1v) is 8.20. The second-order valence-corrected chi connectivity index (χ2v) is 6.46.